The fourth-order valence-corrected chi connectivity index (χ4v) is 10.00. The highest BCUT2D eigenvalue weighted by Gasteiger charge is 2.33. The summed E-state index contributed by atoms with van der Waals surface area (Å²) in [6, 6.07) is 33.6. The van der Waals surface area contributed by atoms with Gasteiger partial charge in [-0.15, -0.1) is 11.3 Å². The Morgan fingerprint density at radius 1 is 0.788 bits per heavy atom. The van der Waals surface area contributed by atoms with Crippen molar-refractivity contribution in [3.05, 3.63) is 192 Å². The van der Waals surface area contributed by atoms with E-state index in [1.807, 2.05) is 35.8 Å². The van der Waals surface area contributed by atoms with Crippen molar-refractivity contribution in [2.75, 3.05) is 0 Å². The lowest BCUT2D eigenvalue weighted by Crippen LogP contribution is -2.26. The number of aryl methyl sites for hydroxylation is 1. The second-order valence-electron chi connectivity index (χ2n) is 14.0. The van der Waals surface area contributed by atoms with Crippen molar-refractivity contribution >= 4 is 65.0 Å². The second-order valence-corrected chi connectivity index (χ2v) is 15.1. The van der Waals surface area contributed by atoms with Crippen LogP contribution in [-0.4, -0.2) is 16.7 Å². The number of allylic oxidation sites excluding steroid dienone is 8. The maximum atomic E-state index is 5.43. The van der Waals surface area contributed by atoms with Crippen LogP contribution in [0.4, 0.5) is 0 Å². The van der Waals surface area contributed by atoms with E-state index >= 15 is 0 Å². The number of aliphatic imine (C=N–C) groups is 1. The minimum atomic E-state index is 0.104. The highest BCUT2D eigenvalue weighted by atomic mass is 32.1. The summed E-state index contributed by atoms with van der Waals surface area (Å²) < 4.78 is 2.74. The fraction of sp³-hybridized carbons (Fsp3) is 0.102. The summed E-state index contributed by atoms with van der Waals surface area (Å²) in [7, 11) is 0. The number of fused-ring (bicyclic) bond motifs is 9. The normalized spacial score (nSPS) is 19.4. The number of rotatable bonds is 5. The first-order chi connectivity index (χ1) is 25.7. The topological polar surface area (TPSA) is 25.2 Å². The molecule has 0 N–H and O–H groups in total. The average molecular weight is 685 g/mol. The third kappa shape index (κ3) is 4.84. The van der Waals surface area contributed by atoms with Gasteiger partial charge in [0.1, 0.15) is 0 Å². The van der Waals surface area contributed by atoms with Gasteiger partial charge in [-0.05, 0) is 81.3 Å². The third-order valence-electron chi connectivity index (χ3n) is 11.2. The zero-order valence-electron chi connectivity index (χ0n) is 29.0. The zero-order chi connectivity index (χ0) is 34.8. The summed E-state index contributed by atoms with van der Waals surface area (Å²) in [6.07, 6.45) is 25.0. The van der Waals surface area contributed by atoms with E-state index in [4.69, 9.17) is 9.98 Å². The average Bonchev–Trinajstić information content (AvgIpc) is 3.59. The van der Waals surface area contributed by atoms with Gasteiger partial charge in [-0.1, -0.05) is 140 Å². The van der Waals surface area contributed by atoms with E-state index in [0.29, 0.717) is 0 Å². The first-order valence-electron chi connectivity index (χ1n) is 18.1. The van der Waals surface area contributed by atoms with Gasteiger partial charge in [0.2, 0.25) is 0 Å². The summed E-state index contributed by atoms with van der Waals surface area (Å²) in [4.78, 5) is 10.2. The van der Waals surface area contributed by atoms with Crippen LogP contribution < -0.4 is 0 Å². The molecule has 0 spiro atoms. The maximum Gasteiger partial charge on any atom is 0.0794 e. The van der Waals surface area contributed by atoms with Gasteiger partial charge >= 0.3 is 0 Å². The van der Waals surface area contributed by atoms with Gasteiger partial charge in [-0.3, -0.25) is 9.98 Å². The van der Waals surface area contributed by atoms with Crippen molar-refractivity contribution in [2.45, 2.75) is 31.2 Å². The molecule has 3 heteroatoms. The monoisotopic (exact) mass is 684 g/mol. The predicted octanol–water partition coefficient (Wildman–Crippen LogP) is 13.0. The molecule has 0 radical (unpaired) electrons. The Morgan fingerprint density at radius 2 is 1.62 bits per heavy atom. The molecule has 3 atom stereocenters. The molecule has 0 fully saturated rings. The molecular formula is C49H36N2S. The number of hydrogen-bond acceptors (Lipinski definition) is 3. The molecule has 0 saturated carbocycles. The molecule has 5 aromatic carbocycles. The van der Waals surface area contributed by atoms with Crippen LogP contribution in [0.15, 0.2) is 169 Å². The second kappa shape index (κ2) is 12.4. The lowest BCUT2D eigenvalue weighted by Gasteiger charge is -2.31. The Bertz CT molecular complexity index is 2820. The van der Waals surface area contributed by atoms with Gasteiger partial charge < -0.3 is 0 Å². The maximum absolute atomic E-state index is 5.43. The van der Waals surface area contributed by atoms with Crippen molar-refractivity contribution in [3.8, 4) is 11.1 Å². The molecule has 7 aromatic rings. The van der Waals surface area contributed by atoms with E-state index < -0.39 is 0 Å². The molecule has 3 aliphatic rings. The smallest absolute Gasteiger partial charge is 0.0794 e. The van der Waals surface area contributed by atoms with Crippen molar-refractivity contribution in [1.82, 2.24) is 4.98 Å². The third-order valence-corrected chi connectivity index (χ3v) is 12.4. The molecule has 1 aliphatic heterocycles. The van der Waals surface area contributed by atoms with E-state index in [-0.39, 0.29) is 17.9 Å². The summed E-state index contributed by atoms with van der Waals surface area (Å²) in [5.41, 5.74) is 12.2. The van der Waals surface area contributed by atoms with Crippen LogP contribution >= 0.6 is 11.3 Å². The van der Waals surface area contributed by atoms with Crippen LogP contribution in [0.25, 0.3) is 59.1 Å². The van der Waals surface area contributed by atoms with Gasteiger partial charge in [0, 0.05) is 49.2 Å². The van der Waals surface area contributed by atoms with Gasteiger partial charge in [0.15, 0.2) is 0 Å². The standard InChI is InChI=1S/C49H36N2S/c1-3-4-13-34-30(2)47-33(12-11-28-50-47)29-43(34)38-25-24-35(36-14-5-6-15-37(36)38)31-20-22-32(23-21-31)48-42-27-26-40-39-16-8-10-19-45(39)52-49(40)46(42)41-17-7-9-18-44(41)51-48/h3-20,22-29,31,41,44H,1,21H2,2H3/b13-4-. The van der Waals surface area contributed by atoms with E-state index in [9.17, 15) is 0 Å². The van der Waals surface area contributed by atoms with Gasteiger partial charge in [-0.2, -0.15) is 0 Å². The molecule has 3 heterocycles. The fourth-order valence-electron chi connectivity index (χ4n) is 8.70. The van der Waals surface area contributed by atoms with Crippen LogP contribution in [0.5, 0.6) is 0 Å². The molecule has 248 valence electrons. The van der Waals surface area contributed by atoms with Crippen molar-refractivity contribution in [1.29, 1.82) is 0 Å². The van der Waals surface area contributed by atoms with Crippen LogP contribution in [0.2, 0.25) is 0 Å². The first-order valence-corrected chi connectivity index (χ1v) is 18.9. The molecular weight excluding hydrogens is 649 g/mol. The lowest BCUT2D eigenvalue weighted by atomic mass is 9.78. The molecule has 2 aliphatic carbocycles. The number of aromatic nitrogens is 1. The van der Waals surface area contributed by atoms with E-state index in [1.165, 1.54) is 75.5 Å². The zero-order valence-corrected chi connectivity index (χ0v) is 29.8. The SMILES string of the molecule is C=C/C=C\c1c(-c2ccc(C3C=CC(C4=NC5C=CC=CC5c5c4ccc4c5sc5ccccc54)=CC3)c3ccccc23)cc2cccnc2c1C. The van der Waals surface area contributed by atoms with Crippen molar-refractivity contribution < 1.29 is 0 Å². The number of nitrogens with zero attached hydrogens (tertiary/aromatic N) is 2. The summed E-state index contributed by atoms with van der Waals surface area (Å²) in [5, 5.41) is 6.41. The quantitative estimate of drug-likeness (QED) is 0.166. The molecule has 2 aromatic heterocycles. The minimum absolute atomic E-state index is 0.104. The van der Waals surface area contributed by atoms with Crippen LogP contribution in [0.3, 0.4) is 0 Å². The molecule has 2 nitrogen and oxygen atoms in total. The Balaban J connectivity index is 1.04. The summed E-state index contributed by atoms with van der Waals surface area (Å²) >= 11 is 1.92. The van der Waals surface area contributed by atoms with Gasteiger partial charge in [0.05, 0.1) is 17.3 Å². The van der Waals surface area contributed by atoms with Crippen LogP contribution in [0, 0.1) is 6.92 Å². The minimum Gasteiger partial charge on any atom is -0.276 e. The number of hydrogen-bond donors (Lipinski definition) is 0. The first kappa shape index (κ1) is 30.9. The van der Waals surface area contributed by atoms with Gasteiger partial charge in [0.25, 0.3) is 0 Å². The van der Waals surface area contributed by atoms with Gasteiger partial charge in [-0.25, -0.2) is 0 Å². The summed E-state index contributed by atoms with van der Waals surface area (Å²) in [6.45, 7) is 6.12. The highest BCUT2D eigenvalue weighted by Crippen LogP contribution is 2.46. The van der Waals surface area contributed by atoms with Crippen molar-refractivity contribution in [2.24, 2.45) is 4.99 Å². The molecule has 52 heavy (non-hydrogen) atoms. The molecule has 10 rings (SSSR count). The van der Waals surface area contributed by atoms with E-state index in [0.717, 1.165) is 23.0 Å². The Labute approximate surface area is 307 Å². The number of pyridine rings is 1. The van der Waals surface area contributed by atoms with Crippen LogP contribution in [0.1, 0.15) is 46.1 Å². The van der Waals surface area contributed by atoms with Crippen molar-refractivity contribution in [3.63, 3.8) is 0 Å². The molecule has 0 bridgehead atoms. The Morgan fingerprint density at radius 3 is 2.48 bits per heavy atom. The summed E-state index contributed by atoms with van der Waals surface area (Å²) in [5.74, 6) is 0.520. The number of benzene rings is 5. The Hall–Kier alpha value is -5.90. The lowest BCUT2D eigenvalue weighted by molar-refractivity contribution is 0.708. The molecule has 3 unspecified atom stereocenters. The largest absolute Gasteiger partial charge is 0.276 e. The Kier molecular flexibility index (Phi) is 7.37. The predicted molar refractivity (Wildman–Crippen MR) is 224 cm³/mol. The highest BCUT2D eigenvalue weighted by molar-refractivity contribution is 7.26. The van der Waals surface area contributed by atoms with Crippen LogP contribution in [-0.2, 0) is 0 Å². The van der Waals surface area contributed by atoms with E-state index in [2.05, 4.69) is 147 Å². The number of thiophene rings is 1. The van der Waals surface area contributed by atoms with E-state index in [1.54, 1.807) is 0 Å². The molecule has 0 amide bonds. The molecule has 0 saturated heterocycles.